The van der Waals surface area contributed by atoms with Crippen LogP contribution in [0.4, 0.5) is 0 Å². The van der Waals surface area contributed by atoms with Crippen molar-refractivity contribution in [2.75, 3.05) is 26.2 Å². The number of hydrogen-bond donors (Lipinski definition) is 0. The molecule has 0 aromatic heterocycles. The Morgan fingerprint density at radius 2 is 1.23 bits per heavy atom. The molecule has 2 fully saturated rings. The van der Waals surface area contributed by atoms with Crippen LogP contribution in [-0.4, -0.2) is 51.6 Å². The average Bonchev–Trinajstić information content (AvgIpc) is 3.31. The molecule has 0 spiro atoms. The summed E-state index contributed by atoms with van der Waals surface area (Å²) in [5, 5.41) is 0. The second kappa shape index (κ2) is 8.78. The fourth-order valence-electron chi connectivity index (χ4n) is 4.32. The molecule has 2 aromatic rings. The molecule has 0 amide bonds. The van der Waals surface area contributed by atoms with E-state index < -0.39 is 20.0 Å². The van der Waals surface area contributed by atoms with E-state index >= 15 is 0 Å². The van der Waals surface area contributed by atoms with E-state index in [1.807, 2.05) is 18.2 Å². The summed E-state index contributed by atoms with van der Waals surface area (Å²) in [7, 11) is -7.36. The maximum atomic E-state index is 13.2. The Morgan fingerprint density at radius 3 is 1.80 bits per heavy atom. The van der Waals surface area contributed by atoms with Gasteiger partial charge >= 0.3 is 0 Å². The van der Waals surface area contributed by atoms with Crippen LogP contribution in [0.3, 0.4) is 0 Å². The third kappa shape index (κ3) is 4.46. The second-order valence-corrected chi connectivity index (χ2v) is 12.0. The fraction of sp³-hybridized carbons (Fsp3) is 0.455. The van der Waals surface area contributed by atoms with Gasteiger partial charge in [-0.05, 0) is 61.8 Å². The Hall–Kier alpha value is -1.74. The molecule has 30 heavy (non-hydrogen) atoms. The first kappa shape index (κ1) is 21.5. The lowest BCUT2D eigenvalue weighted by molar-refractivity contribution is 0.273. The molecule has 8 heteroatoms. The molecule has 2 aliphatic rings. The van der Waals surface area contributed by atoms with Crippen LogP contribution in [-0.2, 0) is 26.5 Å². The molecule has 4 rings (SSSR count). The van der Waals surface area contributed by atoms with Crippen molar-refractivity contribution < 1.29 is 16.8 Å². The molecule has 0 unspecified atom stereocenters. The highest BCUT2D eigenvalue weighted by Gasteiger charge is 2.32. The van der Waals surface area contributed by atoms with Crippen LogP contribution in [0.25, 0.3) is 0 Å². The largest absolute Gasteiger partial charge is 0.243 e. The third-order valence-electron chi connectivity index (χ3n) is 6.09. The van der Waals surface area contributed by atoms with Gasteiger partial charge < -0.3 is 0 Å². The normalized spacial score (nSPS) is 19.9. The van der Waals surface area contributed by atoms with E-state index in [-0.39, 0.29) is 9.79 Å². The van der Waals surface area contributed by atoms with Crippen molar-refractivity contribution in [1.29, 1.82) is 0 Å². The van der Waals surface area contributed by atoms with Crippen LogP contribution in [0, 0.1) is 5.92 Å². The maximum absolute atomic E-state index is 13.2. The highest BCUT2D eigenvalue weighted by Crippen LogP contribution is 2.28. The molecule has 0 saturated carbocycles. The van der Waals surface area contributed by atoms with Crippen molar-refractivity contribution in [3.8, 4) is 0 Å². The summed E-state index contributed by atoms with van der Waals surface area (Å²) in [5.41, 5.74) is 1.28. The van der Waals surface area contributed by atoms with E-state index in [1.165, 1.54) is 38.4 Å². The zero-order valence-electron chi connectivity index (χ0n) is 17.0. The molecule has 162 valence electrons. The Labute approximate surface area is 179 Å². The standard InChI is InChI=1S/C22H28N2O4S2/c25-29(26,23-13-4-5-14-23)21-9-6-10-22(18-21)30(27,28)24-15-11-20(12-16-24)17-19-7-2-1-3-8-19/h1-3,6-10,18,20H,4-5,11-17H2. The van der Waals surface area contributed by atoms with Crippen molar-refractivity contribution in [2.45, 2.75) is 41.9 Å². The summed E-state index contributed by atoms with van der Waals surface area (Å²) >= 11 is 0. The van der Waals surface area contributed by atoms with Gasteiger partial charge in [-0.15, -0.1) is 0 Å². The zero-order valence-corrected chi connectivity index (χ0v) is 18.6. The fourth-order valence-corrected chi connectivity index (χ4v) is 7.48. The van der Waals surface area contributed by atoms with E-state index in [0.29, 0.717) is 32.1 Å². The Balaban J connectivity index is 1.46. The van der Waals surface area contributed by atoms with Crippen molar-refractivity contribution in [2.24, 2.45) is 5.92 Å². The summed E-state index contributed by atoms with van der Waals surface area (Å²) in [4.78, 5) is 0.119. The third-order valence-corrected chi connectivity index (χ3v) is 9.88. The number of hydrogen-bond acceptors (Lipinski definition) is 4. The summed E-state index contributed by atoms with van der Waals surface area (Å²) in [6.07, 6.45) is 4.25. The summed E-state index contributed by atoms with van der Waals surface area (Å²) in [6, 6.07) is 16.1. The minimum Gasteiger partial charge on any atom is -0.207 e. The van der Waals surface area contributed by atoms with Gasteiger partial charge in [-0.25, -0.2) is 16.8 Å². The Morgan fingerprint density at radius 1 is 0.700 bits per heavy atom. The predicted octanol–water partition coefficient (Wildman–Crippen LogP) is 3.11. The topological polar surface area (TPSA) is 74.8 Å². The Bertz CT molecular complexity index is 1070. The monoisotopic (exact) mass is 448 g/mol. The molecule has 0 radical (unpaired) electrons. The van der Waals surface area contributed by atoms with E-state index in [1.54, 1.807) is 0 Å². The molecule has 2 aromatic carbocycles. The van der Waals surface area contributed by atoms with Gasteiger partial charge in [0.05, 0.1) is 9.79 Å². The van der Waals surface area contributed by atoms with Crippen molar-refractivity contribution in [3.05, 3.63) is 60.2 Å². The molecule has 0 N–H and O–H groups in total. The maximum Gasteiger partial charge on any atom is 0.243 e. The molecule has 2 saturated heterocycles. The first-order valence-electron chi connectivity index (χ1n) is 10.5. The van der Waals surface area contributed by atoms with Gasteiger partial charge in [0.25, 0.3) is 0 Å². The lowest BCUT2D eigenvalue weighted by Gasteiger charge is -2.31. The number of nitrogens with zero attached hydrogens (tertiary/aromatic N) is 2. The van der Waals surface area contributed by atoms with Gasteiger partial charge in [-0.3, -0.25) is 0 Å². The lowest BCUT2D eigenvalue weighted by atomic mass is 9.91. The second-order valence-electron chi connectivity index (χ2n) is 8.12. The molecule has 6 nitrogen and oxygen atoms in total. The van der Waals surface area contributed by atoms with Crippen molar-refractivity contribution >= 4 is 20.0 Å². The SMILES string of the molecule is O=S(=O)(c1cccc(S(=O)(=O)N2CCC(Cc3ccccc3)CC2)c1)N1CCCC1. The molecular weight excluding hydrogens is 420 g/mol. The molecule has 0 atom stereocenters. The van der Waals surface area contributed by atoms with Gasteiger partial charge in [0.1, 0.15) is 0 Å². The quantitative estimate of drug-likeness (QED) is 0.681. The summed E-state index contributed by atoms with van der Waals surface area (Å²) < 4.78 is 54.9. The number of rotatable bonds is 6. The van der Waals surface area contributed by atoms with Crippen LogP contribution >= 0.6 is 0 Å². The van der Waals surface area contributed by atoms with Gasteiger partial charge in [-0.1, -0.05) is 36.4 Å². The van der Waals surface area contributed by atoms with Gasteiger partial charge in [0.2, 0.25) is 20.0 Å². The van der Waals surface area contributed by atoms with Gasteiger partial charge in [0.15, 0.2) is 0 Å². The molecule has 0 bridgehead atoms. The van der Waals surface area contributed by atoms with Crippen LogP contribution in [0.2, 0.25) is 0 Å². The molecular formula is C22H28N2O4S2. The minimum absolute atomic E-state index is 0.0595. The highest BCUT2D eigenvalue weighted by molar-refractivity contribution is 7.90. The number of sulfonamides is 2. The van der Waals surface area contributed by atoms with Crippen LogP contribution in [0.5, 0.6) is 0 Å². The van der Waals surface area contributed by atoms with E-state index in [0.717, 1.165) is 32.1 Å². The van der Waals surface area contributed by atoms with E-state index in [4.69, 9.17) is 0 Å². The van der Waals surface area contributed by atoms with Gasteiger partial charge in [-0.2, -0.15) is 8.61 Å². The van der Waals surface area contributed by atoms with E-state index in [2.05, 4.69) is 12.1 Å². The summed E-state index contributed by atoms with van der Waals surface area (Å²) in [6.45, 7) is 1.91. The lowest BCUT2D eigenvalue weighted by Crippen LogP contribution is -2.39. The Kier molecular flexibility index (Phi) is 6.29. The zero-order chi connectivity index (χ0) is 21.2. The van der Waals surface area contributed by atoms with Crippen LogP contribution < -0.4 is 0 Å². The first-order valence-corrected chi connectivity index (χ1v) is 13.4. The number of piperidine rings is 1. The average molecular weight is 449 g/mol. The summed E-state index contributed by atoms with van der Waals surface area (Å²) in [5.74, 6) is 0.459. The minimum atomic E-state index is -3.71. The van der Waals surface area contributed by atoms with E-state index in [9.17, 15) is 16.8 Å². The van der Waals surface area contributed by atoms with Crippen molar-refractivity contribution in [3.63, 3.8) is 0 Å². The van der Waals surface area contributed by atoms with Gasteiger partial charge in [0, 0.05) is 26.2 Å². The number of benzene rings is 2. The molecule has 2 heterocycles. The predicted molar refractivity (Wildman–Crippen MR) is 116 cm³/mol. The molecule has 0 aliphatic carbocycles. The van der Waals surface area contributed by atoms with Crippen LogP contribution in [0.1, 0.15) is 31.2 Å². The smallest absolute Gasteiger partial charge is 0.207 e. The van der Waals surface area contributed by atoms with Crippen molar-refractivity contribution in [1.82, 2.24) is 8.61 Å². The molecule has 2 aliphatic heterocycles. The van der Waals surface area contributed by atoms with Crippen LogP contribution in [0.15, 0.2) is 64.4 Å². The highest BCUT2D eigenvalue weighted by atomic mass is 32.2. The first-order chi connectivity index (χ1) is 14.4.